The molecule has 0 saturated heterocycles. The first-order valence-electron chi connectivity index (χ1n) is 24.7. The van der Waals surface area contributed by atoms with Crippen molar-refractivity contribution in [3.05, 3.63) is 267 Å². The SMILES string of the molecule is c1ccc(-c2c3ccccc3c(-c3ccc4ccc(-c5ccc(-c6ccccn6)nc5-c5ccc6ccc(-c7c8ccccc8c(-c8ccccc8)c8ccccc78)cc6c5)cc4c3)c3ccccc23)cc1. The van der Waals surface area contributed by atoms with E-state index in [1.807, 2.05) is 24.4 Å². The van der Waals surface area contributed by atoms with Crippen LogP contribution in [0, 0.1) is 0 Å². The highest BCUT2D eigenvalue weighted by molar-refractivity contribution is 6.23. The maximum Gasteiger partial charge on any atom is 0.0894 e. The fourth-order valence-electron chi connectivity index (χ4n) is 11.4. The maximum atomic E-state index is 5.48. The maximum absolute atomic E-state index is 5.48. The third-order valence-corrected chi connectivity index (χ3v) is 14.7. The Kier molecular flexibility index (Phi) is 9.89. The van der Waals surface area contributed by atoms with Gasteiger partial charge in [-0.05, 0) is 163 Å². The van der Waals surface area contributed by atoms with Gasteiger partial charge in [-0.1, -0.05) is 212 Å². The van der Waals surface area contributed by atoms with Crippen molar-refractivity contribution in [2.45, 2.75) is 0 Å². The molecule has 0 radical (unpaired) electrons. The van der Waals surface area contributed by atoms with Crippen molar-refractivity contribution in [3.8, 4) is 78.3 Å². The first-order chi connectivity index (χ1) is 35.7. The molecule has 0 aliphatic heterocycles. The number of hydrogen-bond donors (Lipinski definition) is 0. The van der Waals surface area contributed by atoms with Crippen LogP contribution in [0.5, 0.6) is 0 Å². The zero-order chi connectivity index (χ0) is 47.5. The van der Waals surface area contributed by atoms with Gasteiger partial charge in [-0.3, -0.25) is 4.98 Å². The minimum atomic E-state index is 0.834. The predicted octanol–water partition coefficient (Wildman–Crippen LogP) is 19.1. The van der Waals surface area contributed by atoms with Gasteiger partial charge in [-0.15, -0.1) is 0 Å². The molecule has 72 heavy (non-hydrogen) atoms. The highest BCUT2D eigenvalue weighted by Crippen LogP contribution is 2.47. The van der Waals surface area contributed by atoms with E-state index in [1.54, 1.807) is 0 Å². The minimum absolute atomic E-state index is 0.834. The lowest BCUT2D eigenvalue weighted by molar-refractivity contribution is 1.25. The summed E-state index contributed by atoms with van der Waals surface area (Å²) in [5.41, 5.74) is 15.7. The Hall–Kier alpha value is -9.50. The van der Waals surface area contributed by atoms with E-state index in [4.69, 9.17) is 9.97 Å². The number of fused-ring (bicyclic) bond motifs is 6. The molecule has 14 aromatic rings. The van der Waals surface area contributed by atoms with Gasteiger partial charge < -0.3 is 0 Å². The average Bonchev–Trinajstić information content (AvgIpc) is 3.45. The summed E-state index contributed by atoms with van der Waals surface area (Å²) in [4.78, 5) is 10.2. The van der Waals surface area contributed by atoms with Crippen molar-refractivity contribution in [1.29, 1.82) is 0 Å². The van der Waals surface area contributed by atoms with Gasteiger partial charge >= 0.3 is 0 Å². The van der Waals surface area contributed by atoms with E-state index in [9.17, 15) is 0 Å². The van der Waals surface area contributed by atoms with Crippen LogP contribution in [0.1, 0.15) is 0 Å². The predicted molar refractivity (Wildman–Crippen MR) is 305 cm³/mol. The van der Waals surface area contributed by atoms with E-state index in [0.29, 0.717) is 0 Å². The van der Waals surface area contributed by atoms with E-state index in [-0.39, 0.29) is 0 Å². The fraction of sp³-hybridized carbons (Fsp3) is 0. The van der Waals surface area contributed by atoms with Crippen molar-refractivity contribution in [2.24, 2.45) is 0 Å². The van der Waals surface area contributed by atoms with E-state index in [1.165, 1.54) is 104 Å². The second kappa shape index (κ2) is 17.2. The van der Waals surface area contributed by atoms with E-state index < -0.39 is 0 Å². The monoisotopic (exact) mass is 912 g/mol. The molecule has 0 amide bonds. The average molecular weight is 913 g/mol. The summed E-state index contributed by atoms with van der Waals surface area (Å²) in [6.07, 6.45) is 1.84. The lowest BCUT2D eigenvalue weighted by Gasteiger charge is -2.18. The number of hydrogen-bond acceptors (Lipinski definition) is 2. The highest BCUT2D eigenvalue weighted by Gasteiger charge is 2.20. The Labute approximate surface area is 417 Å². The lowest BCUT2D eigenvalue weighted by Crippen LogP contribution is -1.95. The van der Waals surface area contributed by atoms with Crippen molar-refractivity contribution < 1.29 is 0 Å². The van der Waals surface area contributed by atoms with Crippen molar-refractivity contribution >= 4 is 64.6 Å². The Balaban J connectivity index is 0.932. The van der Waals surface area contributed by atoms with Gasteiger partial charge in [0.2, 0.25) is 0 Å². The van der Waals surface area contributed by atoms with Crippen LogP contribution in [-0.2, 0) is 0 Å². The molecular weight excluding hydrogens is 869 g/mol. The Morgan fingerprint density at radius 1 is 0.222 bits per heavy atom. The van der Waals surface area contributed by atoms with Crippen LogP contribution in [0.25, 0.3) is 143 Å². The van der Waals surface area contributed by atoms with E-state index >= 15 is 0 Å². The second-order valence-corrected chi connectivity index (χ2v) is 18.8. The number of benzene rings is 12. The van der Waals surface area contributed by atoms with Gasteiger partial charge in [0, 0.05) is 17.3 Å². The Bertz CT molecular complexity index is 4310. The van der Waals surface area contributed by atoms with Gasteiger partial charge in [0.25, 0.3) is 0 Å². The van der Waals surface area contributed by atoms with Gasteiger partial charge in [-0.2, -0.15) is 0 Å². The molecule has 0 atom stereocenters. The van der Waals surface area contributed by atoms with Gasteiger partial charge in [0.1, 0.15) is 0 Å². The molecule has 0 saturated carbocycles. The topological polar surface area (TPSA) is 25.8 Å². The lowest BCUT2D eigenvalue weighted by atomic mass is 9.85. The molecule has 0 unspecified atom stereocenters. The zero-order valence-electron chi connectivity index (χ0n) is 39.3. The molecule has 2 nitrogen and oxygen atoms in total. The molecule has 2 aromatic heterocycles. The van der Waals surface area contributed by atoms with Crippen LogP contribution < -0.4 is 0 Å². The Morgan fingerprint density at radius 3 is 1.01 bits per heavy atom. The molecular formula is C70H44N2. The smallest absolute Gasteiger partial charge is 0.0894 e. The molecule has 2 heteroatoms. The third-order valence-electron chi connectivity index (χ3n) is 14.7. The van der Waals surface area contributed by atoms with Crippen LogP contribution in [0.3, 0.4) is 0 Å². The molecule has 0 bridgehead atoms. The highest BCUT2D eigenvalue weighted by atomic mass is 14.8. The van der Waals surface area contributed by atoms with Crippen LogP contribution in [0.15, 0.2) is 267 Å². The summed E-state index contributed by atoms with van der Waals surface area (Å²) in [5, 5.41) is 14.6. The van der Waals surface area contributed by atoms with Crippen LogP contribution in [0.2, 0.25) is 0 Å². The second-order valence-electron chi connectivity index (χ2n) is 18.8. The largest absolute Gasteiger partial charge is 0.255 e. The quantitative estimate of drug-likeness (QED) is 0.149. The first-order valence-corrected chi connectivity index (χ1v) is 24.7. The van der Waals surface area contributed by atoms with Crippen LogP contribution >= 0.6 is 0 Å². The summed E-state index contributed by atoms with van der Waals surface area (Å²) >= 11 is 0. The molecule has 0 aliphatic carbocycles. The normalized spacial score (nSPS) is 11.6. The van der Waals surface area contributed by atoms with Crippen LogP contribution in [-0.4, -0.2) is 9.97 Å². The third kappa shape index (κ3) is 6.95. The molecule has 0 N–H and O–H groups in total. The van der Waals surface area contributed by atoms with Crippen LogP contribution in [0.4, 0.5) is 0 Å². The summed E-state index contributed by atoms with van der Waals surface area (Å²) in [6.45, 7) is 0. The van der Waals surface area contributed by atoms with E-state index in [0.717, 1.165) is 39.2 Å². The molecule has 0 spiro atoms. The molecule has 2 heterocycles. The summed E-state index contributed by atoms with van der Waals surface area (Å²) < 4.78 is 0. The number of pyridine rings is 2. The summed E-state index contributed by atoms with van der Waals surface area (Å²) in [5.74, 6) is 0. The Morgan fingerprint density at radius 2 is 0.583 bits per heavy atom. The number of aromatic nitrogens is 2. The standard InChI is InChI=1S/C70H44N2/c1-3-17-47(18-4-1)66-56-21-7-11-25-60(56)68(61-26-12-8-22-57(61)66)50-35-31-45-30-34-49(41-53(45)42-50)55-38-39-65(64-29-15-16-40-71-64)72-70(55)52-37-33-46-32-36-51(43-54(46)44-52)69-62-27-13-9-23-58(62)67(48-19-5-2-6-20-48)59-24-10-14-28-63(59)69/h1-44H. The summed E-state index contributed by atoms with van der Waals surface area (Å²) in [7, 11) is 0. The number of rotatable bonds is 7. The fourth-order valence-corrected chi connectivity index (χ4v) is 11.4. The molecule has 334 valence electrons. The van der Waals surface area contributed by atoms with E-state index in [2.05, 4.69) is 243 Å². The van der Waals surface area contributed by atoms with Gasteiger partial charge in [-0.25, -0.2) is 4.98 Å². The van der Waals surface area contributed by atoms with Crippen molar-refractivity contribution in [3.63, 3.8) is 0 Å². The number of nitrogens with zero attached hydrogens (tertiary/aromatic N) is 2. The van der Waals surface area contributed by atoms with Gasteiger partial charge in [0.15, 0.2) is 0 Å². The molecule has 0 fully saturated rings. The van der Waals surface area contributed by atoms with Crippen molar-refractivity contribution in [1.82, 2.24) is 9.97 Å². The van der Waals surface area contributed by atoms with Crippen molar-refractivity contribution in [2.75, 3.05) is 0 Å². The summed E-state index contributed by atoms with van der Waals surface area (Å²) in [6, 6.07) is 95.0. The van der Waals surface area contributed by atoms with Gasteiger partial charge in [0.05, 0.1) is 17.1 Å². The first kappa shape index (κ1) is 41.5. The molecule has 14 rings (SSSR count). The zero-order valence-corrected chi connectivity index (χ0v) is 39.3. The molecule has 12 aromatic carbocycles. The minimum Gasteiger partial charge on any atom is -0.255 e. The molecule has 0 aliphatic rings.